The highest BCUT2D eigenvalue weighted by molar-refractivity contribution is 7.16. The zero-order valence-electron chi connectivity index (χ0n) is 14.9. The van der Waals surface area contributed by atoms with Gasteiger partial charge in [0.15, 0.2) is 4.80 Å². The Hall–Kier alpha value is -3.24. The van der Waals surface area contributed by atoms with Crippen molar-refractivity contribution in [3.05, 3.63) is 68.0 Å². The lowest BCUT2D eigenvalue weighted by atomic mass is 10.0. The molecule has 2 aromatic carbocycles. The summed E-state index contributed by atoms with van der Waals surface area (Å²) in [7, 11) is 0. The van der Waals surface area contributed by atoms with E-state index < -0.39 is 4.92 Å². The first-order valence-electron chi connectivity index (χ1n) is 8.24. The van der Waals surface area contributed by atoms with Crippen molar-refractivity contribution in [2.24, 2.45) is 4.99 Å². The van der Waals surface area contributed by atoms with Crippen LogP contribution in [0.15, 0.2) is 41.4 Å². The van der Waals surface area contributed by atoms with Crippen LogP contribution in [0.4, 0.5) is 5.69 Å². The van der Waals surface area contributed by atoms with E-state index in [1.54, 1.807) is 10.6 Å². The van der Waals surface area contributed by atoms with Crippen molar-refractivity contribution in [3.8, 4) is 12.3 Å². The molecule has 136 valence electrons. The molecule has 1 heterocycles. The Morgan fingerprint density at radius 1 is 1.26 bits per heavy atom. The Morgan fingerprint density at radius 3 is 2.70 bits per heavy atom. The minimum atomic E-state index is -0.459. The SMILES string of the molecule is C#CCn1c(=NC(=O)Cc2ccc(C)c(C)c2)sc2ccc([N+](=O)[O-])cc21. The third-order valence-corrected chi connectivity index (χ3v) is 5.33. The molecule has 0 aliphatic heterocycles. The first kappa shape index (κ1) is 18.5. The van der Waals surface area contributed by atoms with Gasteiger partial charge in [-0.1, -0.05) is 35.5 Å². The highest BCUT2D eigenvalue weighted by Gasteiger charge is 2.13. The van der Waals surface area contributed by atoms with Crippen LogP contribution < -0.4 is 4.80 Å². The first-order valence-corrected chi connectivity index (χ1v) is 9.05. The number of carbonyl (C=O) groups excluding carboxylic acids is 1. The van der Waals surface area contributed by atoms with Gasteiger partial charge in [-0.2, -0.15) is 4.99 Å². The van der Waals surface area contributed by atoms with E-state index in [9.17, 15) is 14.9 Å². The second kappa shape index (κ2) is 7.56. The van der Waals surface area contributed by atoms with E-state index in [1.165, 1.54) is 29.0 Å². The zero-order chi connectivity index (χ0) is 19.6. The first-order chi connectivity index (χ1) is 12.9. The number of carbonyl (C=O) groups is 1. The molecular formula is C20H17N3O3S. The molecule has 0 spiro atoms. The van der Waals surface area contributed by atoms with Crippen molar-refractivity contribution in [3.63, 3.8) is 0 Å². The van der Waals surface area contributed by atoms with Gasteiger partial charge in [0.25, 0.3) is 11.6 Å². The molecule has 0 fully saturated rings. The second-order valence-corrected chi connectivity index (χ2v) is 7.19. The molecule has 3 rings (SSSR count). The lowest BCUT2D eigenvalue weighted by Crippen LogP contribution is -2.17. The minimum Gasteiger partial charge on any atom is -0.304 e. The van der Waals surface area contributed by atoms with Crippen molar-refractivity contribution in [2.75, 3.05) is 0 Å². The fourth-order valence-electron chi connectivity index (χ4n) is 2.73. The summed E-state index contributed by atoms with van der Waals surface area (Å²) < 4.78 is 2.44. The standard InChI is InChI=1S/C20H17N3O3S/c1-4-9-22-17-12-16(23(25)26)7-8-18(17)27-20(22)21-19(24)11-15-6-5-13(2)14(3)10-15/h1,5-8,10,12H,9,11H2,2-3H3. The number of nitro groups is 1. The van der Waals surface area contributed by atoms with Crippen molar-refractivity contribution in [1.82, 2.24) is 4.57 Å². The van der Waals surface area contributed by atoms with Gasteiger partial charge < -0.3 is 4.57 Å². The molecule has 1 aromatic heterocycles. The summed E-state index contributed by atoms with van der Waals surface area (Å²) in [6.07, 6.45) is 5.62. The maximum atomic E-state index is 12.5. The predicted molar refractivity (Wildman–Crippen MR) is 105 cm³/mol. The summed E-state index contributed by atoms with van der Waals surface area (Å²) in [5, 5.41) is 11.0. The monoisotopic (exact) mass is 379 g/mol. The van der Waals surface area contributed by atoms with E-state index in [-0.39, 0.29) is 24.6 Å². The van der Waals surface area contributed by atoms with Crippen LogP contribution in [-0.2, 0) is 17.8 Å². The van der Waals surface area contributed by atoms with Crippen molar-refractivity contribution in [2.45, 2.75) is 26.8 Å². The molecule has 0 N–H and O–H groups in total. The number of nitro benzene ring substituents is 1. The minimum absolute atomic E-state index is 0.0286. The van der Waals surface area contributed by atoms with Crippen LogP contribution in [0.25, 0.3) is 10.2 Å². The number of benzene rings is 2. The number of fused-ring (bicyclic) bond motifs is 1. The molecule has 27 heavy (non-hydrogen) atoms. The van der Waals surface area contributed by atoms with Crippen molar-refractivity contribution < 1.29 is 9.72 Å². The number of rotatable bonds is 4. The molecule has 1 amide bonds. The predicted octanol–water partition coefficient (Wildman–Crippen LogP) is 3.53. The van der Waals surface area contributed by atoms with Crippen LogP contribution in [-0.4, -0.2) is 15.4 Å². The number of aryl methyl sites for hydroxylation is 2. The maximum Gasteiger partial charge on any atom is 0.271 e. The third-order valence-electron chi connectivity index (χ3n) is 4.27. The number of hydrogen-bond acceptors (Lipinski definition) is 4. The fourth-order valence-corrected chi connectivity index (χ4v) is 3.76. The van der Waals surface area contributed by atoms with Gasteiger partial charge in [0.05, 0.1) is 28.1 Å². The zero-order valence-corrected chi connectivity index (χ0v) is 15.7. The molecule has 0 aliphatic rings. The average molecular weight is 379 g/mol. The Labute approximate surface area is 160 Å². The number of hydrogen-bond donors (Lipinski definition) is 0. The normalized spacial score (nSPS) is 11.5. The highest BCUT2D eigenvalue weighted by Crippen LogP contribution is 2.23. The molecular weight excluding hydrogens is 362 g/mol. The van der Waals surface area contributed by atoms with Crippen LogP contribution in [0.3, 0.4) is 0 Å². The molecule has 0 atom stereocenters. The lowest BCUT2D eigenvalue weighted by molar-refractivity contribution is -0.384. The van der Waals surface area contributed by atoms with Gasteiger partial charge in [-0.25, -0.2) is 0 Å². The Bertz CT molecular complexity index is 1170. The number of aromatic nitrogens is 1. The molecule has 3 aromatic rings. The number of nitrogens with zero attached hydrogens (tertiary/aromatic N) is 3. The van der Waals surface area contributed by atoms with Crippen molar-refractivity contribution in [1.29, 1.82) is 0 Å². The topological polar surface area (TPSA) is 77.5 Å². The number of non-ortho nitro benzene ring substituents is 1. The Morgan fingerprint density at radius 2 is 2.04 bits per heavy atom. The van der Waals surface area contributed by atoms with Gasteiger partial charge >= 0.3 is 0 Å². The van der Waals surface area contributed by atoms with Crippen LogP contribution >= 0.6 is 11.3 Å². The molecule has 0 saturated carbocycles. The van der Waals surface area contributed by atoms with Gasteiger partial charge in [-0.15, -0.1) is 6.42 Å². The van der Waals surface area contributed by atoms with Crippen LogP contribution in [0, 0.1) is 36.3 Å². The smallest absolute Gasteiger partial charge is 0.271 e. The second-order valence-electron chi connectivity index (χ2n) is 6.18. The summed E-state index contributed by atoms with van der Waals surface area (Å²) in [6.45, 7) is 4.20. The largest absolute Gasteiger partial charge is 0.304 e. The quantitative estimate of drug-likeness (QED) is 0.395. The van der Waals surface area contributed by atoms with Crippen molar-refractivity contribution >= 4 is 33.1 Å². The summed E-state index contributed by atoms with van der Waals surface area (Å²) in [6, 6.07) is 10.4. The number of thiazole rings is 1. The molecule has 0 saturated heterocycles. The summed E-state index contributed by atoms with van der Waals surface area (Å²) >= 11 is 1.29. The number of terminal acetylenes is 1. The number of amides is 1. The van der Waals surface area contributed by atoms with Crippen LogP contribution in [0.2, 0.25) is 0 Å². The molecule has 0 bridgehead atoms. The Balaban J connectivity index is 2.02. The van der Waals surface area contributed by atoms with E-state index in [1.807, 2.05) is 32.0 Å². The van der Waals surface area contributed by atoms with E-state index in [4.69, 9.17) is 6.42 Å². The van der Waals surface area contributed by atoms with E-state index in [2.05, 4.69) is 10.9 Å². The lowest BCUT2D eigenvalue weighted by Gasteiger charge is -2.03. The van der Waals surface area contributed by atoms with Gasteiger partial charge in [0.1, 0.15) is 0 Å². The van der Waals surface area contributed by atoms with Gasteiger partial charge in [0.2, 0.25) is 0 Å². The van der Waals surface area contributed by atoms with E-state index in [0.29, 0.717) is 10.3 Å². The molecule has 0 unspecified atom stereocenters. The maximum absolute atomic E-state index is 12.5. The van der Waals surface area contributed by atoms with Crippen LogP contribution in [0.1, 0.15) is 16.7 Å². The fraction of sp³-hybridized carbons (Fsp3) is 0.200. The summed E-state index contributed by atoms with van der Waals surface area (Å²) in [4.78, 5) is 27.7. The Kier molecular flexibility index (Phi) is 5.19. The van der Waals surface area contributed by atoms with Crippen LogP contribution in [0.5, 0.6) is 0 Å². The molecule has 7 heteroatoms. The van der Waals surface area contributed by atoms with Gasteiger partial charge in [-0.05, 0) is 36.6 Å². The third kappa shape index (κ3) is 3.96. The highest BCUT2D eigenvalue weighted by atomic mass is 32.1. The summed E-state index contributed by atoms with van der Waals surface area (Å²) in [5.41, 5.74) is 3.76. The van der Waals surface area contributed by atoms with E-state index >= 15 is 0 Å². The van der Waals surface area contributed by atoms with Gasteiger partial charge in [0, 0.05) is 12.1 Å². The molecule has 0 radical (unpaired) electrons. The summed E-state index contributed by atoms with van der Waals surface area (Å²) in [5.74, 6) is 2.23. The van der Waals surface area contributed by atoms with E-state index in [0.717, 1.165) is 15.8 Å². The average Bonchev–Trinajstić information content (AvgIpc) is 2.95. The molecule has 0 aliphatic carbocycles. The molecule has 6 nitrogen and oxygen atoms in total. The van der Waals surface area contributed by atoms with Gasteiger partial charge in [-0.3, -0.25) is 14.9 Å².